The van der Waals surface area contributed by atoms with Gasteiger partial charge in [-0.2, -0.15) is 0 Å². The SMILES string of the molecule is CC(C)C[C@H](C(=O)N[C@H]1C(=O)N[C@@H](CC(N)=O)C(=O)N[C@H]2C(=O)N[C@H]3C(=O)N[C@H](C(=O)N[C@H](C(=O)O)c4cc(O)cc(O)c4-c4cc3ccc4O)[C@H](O[C@H]3C[C@](C)(N)[C@@H](O)[C@H](C)O3)c3ccc(c(Cl)c3)Oc3cc2cc(c3O[C@@H]2O[C@H](CO)[C@@H](O)[C@H](O)[C@H]2O[C@H]2C[C@](C)(NCc3ccc(-c4ccc(Cl)cc4)cc3)[C@@H](O)[C@H](C)O2)Oc2ccc(cc2Cl)[C@H]1O)N(C)C(=O)OCc1ccc(O)cc1. The number of ether oxygens (including phenoxy) is 9. The van der Waals surface area contributed by atoms with Crippen LogP contribution in [0.25, 0.3) is 22.3 Å². The van der Waals surface area contributed by atoms with E-state index < -0.39 is 289 Å². The van der Waals surface area contributed by atoms with Crippen LogP contribution in [0.5, 0.6) is 51.7 Å². The molecule has 42 heteroatoms. The Kier molecular flexibility index (Phi) is 30.3. The molecule has 0 spiro atoms. The van der Waals surface area contributed by atoms with Crippen LogP contribution in [0, 0.1) is 5.92 Å². The molecule has 8 aliphatic heterocycles. The van der Waals surface area contributed by atoms with Crippen molar-refractivity contribution in [3.8, 4) is 74.0 Å². The molecular weight excluding hydrogens is 1840 g/mol. The summed E-state index contributed by atoms with van der Waals surface area (Å²) in [5, 5.41) is 146. The van der Waals surface area contributed by atoms with Gasteiger partial charge in [0.25, 0.3) is 0 Å². The molecule has 16 rings (SSSR count). The number of carboxylic acids is 1. The summed E-state index contributed by atoms with van der Waals surface area (Å²) < 4.78 is 58.6. The number of benzene rings is 8. The first kappa shape index (κ1) is 99.7. The quantitative estimate of drug-likeness (QED) is 0.0378. The lowest BCUT2D eigenvalue weighted by Gasteiger charge is -2.48. The van der Waals surface area contributed by atoms with Gasteiger partial charge >= 0.3 is 12.1 Å². The van der Waals surface area contributed by atoms with Crippen LogP contribution in [0.4, 0.5) is 4.79 Å². The van der Waals surface area contributed by atoms with E-state index in [9.17, 15) is 70.6 Å². The van der Waals surface area contributed by atoms with Crippen LogP contribution in [0.15, 0.2) is 152 Å². The van der Waals surface area contributed by atoms with E-state index in [1.165, 1.54) is 63.4 Å². The third kappa shape index (κ3) is 22.0. The number of nitrogens with zero attached hydrogens (tertiary/aromatic N) is 1. The fourth-order valence-electron chi connectivity index (χ4n) is 17.2. The Labute approximate surface area is 792 Å². The number of nitrogens with two attached hydrogens (primary N) is 2. The summed E-state index contributed by atoms with van der Waals surface area (Å²) in [7, 11) is 1.22. The highest BCUT2D eigenvalue weighted by Crippen LogP contribution is 2.51. The summed E-state index contributed by atoms with van der Waals surface area (Å²) in [6.07, 6.45) is -25.0. The third-order valence-electron chi connectivity index (χ3n) is 24.6. The van der Waals surface area contributed by atoms with E-state index in [4.69, 9.17) is 88.9 Å². The minimum atomic E-state index is -2.47. The Hall–Kier alpha value is -12.3. The van der Waals surface area contributed by atoms with E-state index in [1.54, 1.807) is 39.8 Å². The van der Waals surface area contributed by atoms with Crippen LogP contribution in [-0.4, -0.2) is 231 Å². The Morgan fingerprint density at radius 2 is 1.20 bits per heavy atom. The molecule has 136 heavy (non-hydrogen) atoms. The van der Waals surface area contributed by atoms with Gasteiger partial charge in [-0.15, -0.1) is 0 Å². The predicted octanol–water partition coefficient (Wildman–Crippen LogP) is 6.25. The van der Waals surface area contributed by atoms with Crippen molar-refractivity contribution in [2.75, 3.05) is 13.7 Å². The van der Waals surface area contributed by atoms with Crippen molar-refractivity contribution >= 4 is 88.2 Å². The molecule has 8 aromatic rings. The Morgan fingerprint density at radius 1 is 0.610 bits per heavy atom. The number of nitrogens with one attached hydrogen (secondary N) is 7. The van der Waals surface area contributed by atoms with Gasteiger partial charge in [-0.05, 0) is 163 Å². The van der Waals surface area contributed by atoms with Gasteiger partial charge in [0.15, 0.2) is 36.2 Å². The summed E-state index contributed by atoms with van der Waals surface area (Å²) in [6.45, 7) is 8.39. The smallest absolute Gasteiger partial charge is 0.410 e. The second-order valence-corrected chi connectivity index (χ2v) is 36.5. The van der Waals surface area contributed by atoms with Gasteiger partial charge in [0.05, 0.1) is 47.5 Å². The summed E-state index contributed by atoms with van der Waals surface area (Å²) in [4.78, 5) is 138. The van der Waals surface area contributed by atoms with Gasteiger partial charge in [0.2, 0.25) is 53.4 Å². The highest BCUT2D eigenvalue weighted by molar-refractivity contribution is 6.32. The average Bonchev–Trinajstić information content (AvgIpc) is 0.761. The van der Waals surface area contributed by atoms with Gasteiger partial charge in [-0.1, -0.05) is 115 Å². The van der Waals surface area contributed by atoms with Crippen LogP contribution in [0.1, 0.15) is 137 Å². The van der Waals surface area contributed by atoms with E-state index in [0.717, 1.165) is 82.3 Å². The van der Waals surface area contributed by atoms with Crippen LogP contribution >= 0.6 is 34.8 Å². The molecule has 22 atom stereocenters. The zero-order valence-corrected chi connectivity index (χ0v) is 76.3. The lowest BCUT2D eigenvalue weighted by Crippen LogP contribution is -2.65. The summed E-state index contributed by atoms with van der Waals surface area (Å²) in [5.74, 6) is -17.4. The molecule has 39 nitrogen and oxygen atoms in total. The number of carboxylic acid groups (broad SMARTS) is 1. The van der Waals surface area contributed by atoms with E-state index >= 15 is 28.8 Å². The molecule has 8 heterocycles. The van der Waals surface area contributed by atoms with Gasteiger partial charge in [-0.25, -0.2) is 9.59 Å². The topological polar surface area (TPSA) is 599 Å². The van der Waals surface area contributed by atoms with Gasteiger partial charge in [0.1, 0.15) is 108 Å². The lowest BCUT2D eigenvalue weighted by atomic mass is 9.84. The molecule has 11 bridgehead atoms. The van der Waals surface area contributed by atoms with Gasteiger partial charge < -0.3 is 147 Å². The second kappa shape index (κ2) is 41.4. The largest absolute Gasteiger partial charge is 0.508 e. The third-order valence-corrected chi connectivity index (χ3v) is 25.4. The maximum Gasteiger partial charge on any atom is 0.410 e. The molecule has 22 N–H and O–H groups in total. The number of fused-ring (bicyclic) bond motifs is 15. The number of aromatic hydroxyl groups is 4. The zero-order valence-electron chi connectivity index (χ0n) is 74.0. The number of amides is 8. The average molecular weight is 1940 g/mol. The van der Waals surface area contributed by atoms with Crippen molar-refractivity contribution in [3.63, 3.8) is 0 Å². The van der Waals surface area contributed by atoms with Crippen molar-refractivity contribution < 1.29 is 142 Å². The van der Waals surface area contributed by atoms with Gasteiger partial charge in [-0.3, -0.25) is 38.5 Å². The molecular formula is C94H103Cl3N10O29. The molecule has 8 aromatic carbocycles. The number of halogens is 3. The predicted molar refractivity (Wildman–Crippen MR) is 482 cm³/mol. The highest BCUT2D eigenvalue weighted by atomic mass is 35.5. The van der Waals surface area contributed by atoms with E-state index in [1.807, 2.05) is 36.4 Å². The molecule has 8 amide bonds. The first-order chi connectivity index (χ1) is 64.4. The fourth-order valence-corrected chi connectivity index (χ4v) is 17.8. The molecule has 0 saturated carbocycles. The molecule has 0 aromatic heterocycles. The van der Waals surface area contributed by atoms with Crippen molar-refractivity contribution in [1.82, 2.24) is 42.1 Å². The fraction of sp³-hybridized carbons (Fsp3) is 0.394. The Bertz CT molecular complexity index is 5850. The van der Waals surface area contributed by atoms with Crippen LogP contribution < -0.4 is 62.9 Å². The number of hydrogen-bond donors (Lipinski definition) is 20. The molecule has 8 aliphatic rings. The van der Waals surface area contributed by atoms with Crippen molar-refractivity contribution in [1.29, 1.82) is 0 Å². The molecule has 724 valence electrons. The summed E-state index contributed by atoms with van der Waals surface area (Å²) in [6, 6.07) is 18.7. The Balaban J connectivity index is 0.951. The first-order valence-corrected chi connectivity index (χ1v) is 44.4. The number of carbonyl (C=O) groups excluding carboxylic acids is 8. The normalized spacial score (nSPS) is 28.2. The monoisotopic (exact) mass is 1940 g/mol. The molecule has 3 fully saturated rings. The van der Waals surface area contributed by atoms with Crippen LogP contribution in [0.3, 0.4) is 0 Å². The maximum atomic E-state index is 16.7. The number of aliphatic carboxylic acids is 1. The van der Waals surface area contributed by atoms with Crippen molar-refractivity contribution in [2.45, 2.75) is 214 Å². The van der Waals surface area contributed by atoms with E-state index in [0.29, 0.717) is 10.6 Å². The number of rotatable bonds is 21. The molecule has 0 unspecified atom stereocenters. The molecule has 3 saturated heterocycles. The van der Waals surface area contributed by atoms with Crippen LogP contribution in [-0.2, 0) is 79.9 Å². The van der Waals surface area contributed by atoms with Crippen LogP contribution in [0.2, 0.25) is 15.1 Å². The Morgan fingerprint density at radius 3 is 1.82 bits per heavy atom. The first-order valence-electron chi connectivity index (χ1n) is 43.3. The number of likely N-dealkylation sites (N-methyl/N-ethyl adjacent to an activating group) is 1. The number of hydrogen-bond acceptors (Lipinski definition) is 30. The van der Waals surface area contributed by atoms with E-state index in [-0.39, 0.29) is 49.3 Å². The number of phenols is 4. The highest BCUT2D eigenvalue weighted by Gasteiger charge is 2.53. The zero-order chi connectivity index (χ0) is 98.1. The number of phenolic OH excluding ortho intramolecular Hbond substituents is 4. The maximum absolute atomic E-state index is 16.7. The summed E-state index contributed by atoms with van der Waals surface area (Å²) in [5.41, 5.74) is 9.73. The second-order valence-electron chi connectivity index (χ2n) is 35.2. The molecule has 0 radical (unpaired) electrons. The number of primary amides is 1. The van der Waals surface area contributed by atoms with Crippen molar-refractivity contribution in [2.24, 2.45) is 17.4 Å². The summed E-state index contributed by atoms with van der Waals surface area (Å²) >= 11 is 21.0. The van der Waals surface area contributed by atoms with Crippen molar-refractivity contribution in [3.05, 3.63) is 206 Å². The number of aliphatic hydroxyl groups excluding tert-OH is 6. The molecule has 0 aliphatic carbocycles. The minimum absolute atomic E-state index is 0.0772. The van der Waals surface area contributed by atoms with Gasteiger partial charge in [0, 0.05) is 65.3 Å². The number of aliphatic hydroxyl groups is 6. The number of carbonyl (C=O) groups is 9. The lowest BCUT2D eigenvalue weighted by molar-refractivity contribution is -0.334. The van der Waals surface area contributed by atoms with E-state index in [2.05, 4.69) is 37.2 Å². The minimum Gasteiger partial charge on any atom is -0.508 e. The standard InChI is InChI=1S/C94H103Cl3N10O29/c1-40(2)26-59(107(7)92(127)128-39-44-10-21-52(109)22-11-44)85(120)105-74-76(114)48-17-24-62(56(96)28-48)131-64-30-50-31-65(80(64)136-91-81(78(116)77(115)66(38-108)133-91)135-69-36-94(6,83(118)42(4)130-69)100-37-43-8-12-45(13-9-43)46-14-19-51(95)20-15-46)132-63-25-18-49(29-57(63)97)79(134-68-35-93(5,99)82(117)41(3)129-68)75-89(124)104-73(90(125)126)55-32-53(110)33-61(112)70(55)54-27-47(16-23-60(54)111)71(86(121)106-75)103-87(122)72(50)102-84(119)58(34-67(98)113)101-88(74)123/h8-25,27-33,40-42,58-59,66,68-69,71-79,81-83,91,100,108-112,114-118H,26,34-39,99H2,1-7H3,(H2,98,113)(H,101,123)(H,102,119)(H,103,122)(H,104,124)(H,105,120)(H,106,121)(H,125,126)/t41-,42-,58-,59+,66+,68-,69-,71+,72+,73-,74+,75-,76+,77+,78-,79+,81+,82-,83-,91-,93-,94-/m0/s1.